The van der Waals surface area contributed by atoms with Crippen molar-refractivity contribution in [1.82, 2.24) is 9.97 Å². The molecule has 0 bridgehead atoms. The van der Waals surface area contributed by atoms with Crippen molar-refractivity contribution >= 4 is 23.9 Å². The summed E-state index contributed by atoms with van der Waals surface area (Å²) in [5.74, 6) is 0.0777. The first-order valence-electron chi connectivity index (χ1n) is 9.22. The van der Waals surface area contributed by atoms with Gasteiger partial charge in [-0.2, -0.15) is 0 Å². The molecule has 0 unspecified atom stereocenters. The monoisotopic (exact) mass is 385 g/mol. The summed E-state index contributed by atoms with van der Waals surface area (Å²) < 4.78 is 4.76. The number of carbonyl (C=O) groups is 1. The Morgan fingerprint density at radius 1 is 1.10 bits per heavy atom. The topological polar surface area (TPSA) is 112 Å². The van der Waals surface area contributed by atoms with Crippen LogP contribution in [0, 0.1) is 10.8 Å². The summed E-state index contributed by atoms with van der Waals surface area (Å²) in [5, 5.41) is 17.4. The van der Waals surface area contributed by atoms with Gasteiger partial charge in [-0.1, -0.05) is 12.1 Å². The molecule has 1 saturated carbocycles. The molecule has 0 aliphatic heterocycles. The highest BCUT2D eigenvalue weighted by atomic mass is 16.5. The Morgan fingerprint density at radius 3 is 2.69 bits per heavy atom. The number of carbonyl (C=O) groups excluding carboxylic acids is 1. The molecule has 1 aromatic carbocycles. The Balaban J connectivity index is 1.50. The van der Waals surface area contributed by atoms with Crippen molar-refractivity contribution in [2.45, 2.75) is 18.8 Å². The average Bonchev–Trinajstić information content (AvgIpc) is 3.60. The molecule has 1 aliphatic carbocycles. The molecule has 4 rings (SSSR count). The zero-order valence-corrected chi connectivity index (χ0v) is 15.6. The fourth-order valence-corrected chi connectivity index (χ4v) is 2.99. The van der Waals surface area contributed by atoms with Crippen LogP contribution in [0.5, 0.6) is 0 Å². The Hall–Kier alpha value is -3.87. The molecule has 0 saturated heterocycles. The molecule has 0 atom stereocenters. The predicted octanol–water partition coefficient (Wildman–Crippen LogP) is 4.22. The van der Waals surface area contributed by atoms with Gasteiger partial charge < -0.3 is 10.1 Å². The number of aromatic nitrogens is 2. The van der Waals surface area contributed by atoms with E-state index in [1.165, 1.54) is 12.8 Å². The van der Waals surface area contributed by atoms with Crippen LogP contribution >= 0.6 is 0 Å². The van der Waals surface area contributed by atoms with Gasteiger partial charge in [-0.3, -0.25) is 25.6 Å². The number of nitrogens with zero attached hydrogens (tertiary/aromatic N) is 2. The molecule has 7 heteroatoms. The number of anilines is 1. The van der Waals surface area contributed by atoms with Crippen LogP contribution in [-0.4, -0.2) is 28.2 Å². The fourth-order valence-electron chi connectivity index (χ4n) is 2.99. The zero-order valence-electron chi connectivity index (χ0n) is 15.6. The van der Waals surface area contributed by atoms with Gasteiger partial charge in [-0.15, -0.1) is 0 Å². The minimum atomic E-state index is -0.355. The van der Waals surface area contributed by atoms with E-state index in [1.54, 1.807) is 36.5 Å². The number of amides is 1. The number of pyridine rings is 2. The molecular formula is C22H19N5O2. The summed E-state index contributed by atoms with van der Waals surface area (Å²) in [6.45, 7) is 0. The number of ether oxygens (including phenoxy) is 1. The van der Waals surface area contributed by atoms with Crippen molar-refractivity contribution in [3.05, 3.63) is 77.9 Å². The number of rotatable bonds is 6. The van der Waals surface area contributed by atoms with E-state index >= 15 is 0 Å². The van der Waals surface area contributed by atoms with E-state index in [1.807, 2.05) is 24.4 Å². The van der Waals surface area contributed by atoms with Gasteiger partial charge in [0.15, 0.2) is 6.40 Å². The maximum Gasteiger partial charge on any atom is 0.274 e. The second-order valence-electron chi connectivity index (χ2n) is 6.78. The lowest BCUT2D eigenvalue weighted by atomic mass is 10.1. The van der Waals surface area contributed by atoms with E-state index < -0.39 is 0 Å². The third-order valence-electron chi connectivity index (χ3n) is 4.67. The molecule has 3 aromatic rings. The van der Waals surface area contributed by atoms with Crippen LogP contribution in [0.4, 0.5) is 5.69 Å². The summed E-state index contributed by atoms with van der Waals surface area (Å²) in [4.78, 5) is 21.4. The molecule has 7 nitrogen and oxygen atoms in total. The Morgan fingerprint density at radius 2 is 1.97 bits per heavy atom. The van der Waals surface area contributed by atoms with Crippen molar-refractivity contribution in [2.24, 2.45) is 0 Å². The van der Waals surface area contributed by atoms with Gasteiger partial charge in [-0.25, -0.2) is 0 Å². The van der Waals surface area contributed by atoms with Gasteiger partial charge >= 0.3 is 0 Å². The number of hydrogen-bond donors (Lipinski definition) is 3. The Kier molecular flexibility index (Phi) is 5.11. The van der Waals surface area contributed by atoms with Gasteiger partial charge in [0, 0.05) is 40.8 Å². The van der Waals surface area contributed by atoms with Crippen LogP contribution in [0.2, 0.25) is 0 Å². The maximum absolute atomic E-state index is 12.6. The average molecular weight is 385 g/mol. The standard InChI is InChI=1S/C22H19N5O2/c23-13-29-21(24)16-2-1-3-18(10-16)27-22(28)20-11-15(8-9-25-20)17-6-7-19(26-12-17)14-4-5-14/h1-3,6-14,23-24H,4-5H2,(H,27,28). The molecule has 144 valence electrons. The Labute approximate surface area is 167 Å². The third-order valence-corrected chi connectivity index (χ3v) is 4.67. The largest absolute Gasteiger partial charge is 0.428 e. The van der Waals surface area contributed by atoms with Gasteiger partial charge in [0.25, 0.3) is 5.91 Å². The van der Waals surface area contributed by atoms with Crippen molar-refractivity contribution < 1.29 is 9.53 Å². The number of hydrogen-bond acceptors (Lipinski definition) is 6. The summed E-state index contributed by atoms with van der Waals surface area (Å²) >= 11 is 0. The smallest absolute Gasteiger partial charge is 0.274 e. The molecular weight excluding hydrogens is 366 g/mol. The van der Waals surface area contributed by atoms with Crippen molar-refractivity contribution in [2.75, 3.05) is 5.32 Å². The molecule has 0 radical (unpaired) electrons. The highest BCUT2D eigenvalue weighted by Crippen LogP contribution is 2.39. The molecule has 3 N–H and O–H groups in total. The number of nitrogens with one attached hydrogen (secondary N) is 3. The minimum absolute atomic E-state index is 0.168. The van der Waals surface area contributed by atoms with E-state index in [9.17, 15) is 4.79 Å². The first kappa shape index (κ1) is 18.5. The van der Waals surface area contributed by atoms with E-state index in [4.69, 9.17) is 15.6 Å². The summed E-state index contributed by atoms with van der Waals surface area (Å²) in [5.41, 5.74) is 4.17. The quantitative estimate of drug-likeness (QED) is 0.435. The second-order valence-corrected chi connectivity index (χ2v) is 6.78. The van der Waals surface area contributed by atoms with E-state index in [0.29, 0.717) is 23.6 Å². The molecule has 0 spiro atoms. The van der Waals surface area contributed by atoms with Crippen LogP contribution < -0.4 is 5.32 Å². The normalized spacial score (nSPS) is 12.8. The van der Waals surface area contributed by atoms with E-state index in [0.717, 1.165) is 16.8 Å². The lowest BCUT2D eigenvalue weighted by Gasteiger charge is -2.08. The second kappa shape index (κ2) is 8.02. The van der Waals surface area contributed by atoms with Gasteiger partial charge in [0.1, 0.15) is 5.69 Å². The van der Waals surface area contributed by atoms with E-state index in [2.05, 4.69) is 15.3 Å². The molecule has 1 fully saturated rings. The lowest BCUT2D eigenvalue weighted by Crippen LogP contribution is -2.14. The van der Waals surface area contributed by atoms with Crippen LogP contribution in [0.1, 0.15) is 40.5 Å². The van der Waals surface area contributed by atoms with Crippen molar-refractivity contribution in [3.8, 4) is 11.1 Å². The third kappa shape index (κ3) is 4.35. The molecule has 29 heavy (non-hydrogen) atoms. The van der Waals surface area contributed by atoms with Gasteiger partial charge in [-0.05, 0) is 54.8 Å². The lowest BCUT2D eigenvalue weighted by molar-refractivity contribution is 0.102. The fraction of sp³-hybridized carbons (Fsp3) is 0.136. The van der Waals surface area contributed by atoms with Crippen molar-refractivity contribution in [3.63, 3.8) is 0 Å². The van der Waals surface area contributed by atoms with Crippen molar-refractivity contribution in [1.29, 1.82) is 10.8 Å². The SMILES string of the molecule is N=COC(=N)c1cccc(NC(=O)c2cc(-c3ccc(C4CC4)nc3)ccn2)c1. The highest BCUT2D eigenvalue weighted by Gasteiger charge is 2.24. The predicted molar refractivity (Wildman–Crippen MR) is 111 cm³/mol. The minimum Gasteiger partial charge on any atom is -0.428 e. The Bertz CT molecular complexity index is 1070. The highest BCUT2D eigenvalue weighted by molar-refractivity contribution is 6.04. The van der Waals surface area contributed by atoms with Crippen LogP contribution in [0.25, 0.3) is 11.1 Å². The maximum atomic E-state index is 12.6. The van der Waals surface area contributed by atoms with Gasteiger partial charge in [0.2, 0.25) is 5.90 Å². The summed E-state index contributed by atoms with van der Waals surface area (Å²) in [6, 6.07) is 14.3. The summed E-state index contributed by atoms with van der Waals surface area (Å²) in [7, 11) is 0. The first-order chi connectivity index (χ1) is 14.1. The zero-order chi connectivity index (χ0) is 20.2. The first-order valence-corrected chi connectivity index (χ1v) is 9.22. The molecule has 2 aromatic heterocycles. The summed E-state index contributed by atoms with van der Waals surface area (Å²) in [6.07, 6.45) is 6.54. The number of benzene rings is 1. The van der Waals surface area contributed by atoms with Crippen LogP contribution in [-0.2, 0) is 4.74 Å². The van der Waals surface area contributed by atoms with Crippen LogP contribution in [0.15, 0.2) is 60.9 Å². The molecule has 2 heterocycles. The van der Waals surface area contributed by atoms with E-state index in [-0.39, 0.29) is 17.5 Å². The molecule has 1 aliphatic rings. The van der Waals surface area contributed by atoms with Crippen LogP contribution in [0.3, 0.4) is 0 Å². The molecule has 1 amide bonds. The van der Waals surface area contributed by atoms with Gasteiger partial charge in [0.05, 0.1) is 0 Å².